The quantitative estimate of drug-likeness (QED) is 0.884. The molecule has 0 fully saturated rings. The molecule has 1 unspecified atom stereocenters. The summed E-state index contributed by atoms with van der Waals surface area (Å²) in [5.74, 6) is 1.08. The average Bonchev–Trinajstić information content (AvgIpc) is 2.60. The zero-order valence-corrected chi connectivity index (χ0v) is 14.2. The van der Waals surface area contributed by atoms with Gasteiger partial charge in [-0.1, -0.05) is 36.4 Å². The maximum atomic E-state index is 12.8. The van der Waals surface area contributed by atoms with Gasteiger partial charge in [-0.3, -0.25) is 4.79 Å². The van der Waals surface area contributed by atoms with Gasteiger partial charge in [-0.2, -0.15) is 0 Å². The molecule has 0 saturated heterocycles. The van der Waals surface area contributed by atoms with Gasteiger partial charge in [0, 0.05) is 16.2 Å². The predicted octanol–water partition coefficient (Wildman–Crippen LogP) is 3.42. The summed E-state index contributed by atoms with van der Waals surface area (Å²) in [7, 11) is 1.93. The van der Waals surface area contributed by atoms with Crippen molar-refractivity contribution in [2.75, 3.05) is 19.3 Å². The summed E-state index contributed by atoms with van der Waals surface area (Å²) in [5, 5.41) is 6.38. The molecule has 1 heterocycles. The van der Waals surface area contributed by atoms with Crippen LogP contribution >= 0.6 is 11.8 Å². The van der Waals surface area contributed by atoms with E-state index in [0.717, 1.165) is 36.3 Å². The maximum absolute atomic E-state index is 12.8. The number of nitrogens with one attached hydrogen (secondary N) is 2. The predicted molar refractivity (Wildman–Crippen MR) is 96.1 cm³/mol. The summed E-state index contributed by atoms with van der Waals surface area (Å²) in [6.07, 6.45) is 1.84. The highest BCUT2D eigenvalue weighted by molar-refractivity contribution is 7.99. The van der Waals surface area contributed by atoms with Gasteiger partial charge in [0.15, 0.2) is 0 Å². The lowest BCUT2D eigenvalue weighted by molar-refractivity contribution is 0.0934. The molecular weight excluding hydrogens is 304 g/mol. The smallest absolute Gasteiger partial charge is 0.252 e. The van der Waals surface area contributed by atoms with Gasteiger partial charge in [0.05, 0.1) is 6.04 Å². The molecule has 0 aromatic heterocycles. The van der Waals surface area contributed by atoms with Crippen LogP contribution in [0, 0.1) is 0 Å². The molecular formula is C19H22N2OS. The Morgan fingerprint density at radius 3 is 2.83 bits per heavy atom. The lowest BCUT2D eigenvalue weighted by atomic mass is 10.0. The van der Waals surface area contributed by atoms with Crippen LogP contribution in [0.15, 0.2) is 53.4 Å². The van der Waals surface area contributed by atoms with Crippen molar-refractivity contribution < 1.29 is 4.79 Å². The molecule has 0 saturated carbocycles. The van der Waals surface area contributed by atoms with Gasteiger partial charge in [0.25, 0.3) is 5.91 Å². The van der Waals surface area contributed by atoms with Crippen molar-refractivity contribution >= 4 is 17.7 Å². The summed E-state index contributed by atoms with van der Waals surface area (Å²) >= 11 is 1.87. The molecule has 0 spiro atoms. The second-order valence-corrected chi connectivity index (χ2v) is 6.85. The molecule has 1 aliphatic rings. The van der Waals surface area contributed by atoms with Crippen LogP contribution in [0.5, 0.6) is 0 Å². The molecule has 3 rings (SSSR count). The van der Waals surface area contributed by atoms with E-state index in [1.165, 1.54) is 10.5 Å². The van der Waals surface area contributed by atoms with E-state index in [4.69, 9.17) is 0 Å². The second kappa shape index (κ2) is 7.66. The first-order valence-electron chi connectivity index (χ1n) is 8.04. The van der Waals surface area contributed by atoms with Crippen molar-refractivity contribution in [3.8, 4) is 0 Å². The molecule has 2 aromatic carbocycles. The summed E-state index contributed by atoms with van der Waals surface area (Å²) in [4.78, 5) is 14.1. The van der Waals surface area contributed by atoms with E-state index in [1.807, 2.05) is 49.1 Å². The van der Waals surface area contributed by atoms with Crippen molar-refractivity contribution in [3.63, 3.8) is 0 Å². The summed E-state index contributed by atoms with van der Waals surface area (Å²) < 4.78 is 0. The third-order valence-corrected chi connectivity index (χ3v) is 5.29. The van der Waals surface area contributed by atoms with Gasteiger partial charge >= 0.3 is 0 Å². The van der Waals surface area contributed by atoms with E-state index in [2.05, 4.69) is 28.8 Å². The third kappa shape index (κ3) is 3.77. The molecule has 2 aromatic rings. The van der Waals surface area contributed by atoms with Crippen LogP contribution in [0.25, 0.3) is 0 Å². The van der Waals surface area contributed by atoms with Crippen LogP contribution in [0.1, 0.15) is 33.9 Å². The number of benzene rings is 2. The zero-order valence-electron chi connectivity index (χ0n) is 13.3. The standard InChI is InChI=1S/C19H22N2OS/c1-20-12-10-14-6-2-3-7-15(14)19(22)21-17-11-13-23-18-9-5-4-8-16(17)18/h2-9,17,20H,10-13H2,1H3,(H,21,22). The SMILES string of the molecule is CNCCc1ccccc1C(=O)NC1CCSc2ccccc21. The van der Waals surface area contributed by atoms with E-state index in [-0.39, 0.29) is 11.9 Å². The van der Waals surface area contributed by atoms with Gasteiger partial charge in [-0.15, -0.1) is 11.8 Å². The van der Waals surface area contributed by atoms with Gasteiger partial charge in [0.2, 0.25) is 0 Å². The van der Waals surface area contributed by atoms with Crippen molar-refractivity contribution in [1.29, 1.82) is 0 Å². The molecule has 0 radical (unpaired) electrons. The minimum atomic E-state index is 0.0309. The number of fused-ring (bicyclic) bond motifs is 1. The van der Waals surface area contributed by atoms with Crippen LogP contribution in [0.4, 0.5) is 0 Å². The van der Waals surface area contributed by atoms with Crippen LogP contribution in [-0.2, 0) is 6.42 Å². The van der Waals surface area contributed by atoms with Gasteiger partial charge < -0.3 is 10.6 Å². The first-order valence-corrected chi connectivity index (χ1v) is 9.03. The van der Waals surface area contributed by atoms with Gasteiger partial charge in [0.1, 0.15) is 0 Å². The maximum Gasteiger partial charge on any atom is 0.252 e. The molecule has 3 nitrogen and oxygen atoms in total. The van der Waals surface area contributed by atoms with Crippen molar-refractivity contribution in [2.24, 2.45) is 0 Å². The van der Waals surface area contributed by atoms with E-state index in [1.54, 1.807) is 0 Å². The molecule has 23 heavy (non-hydrogen) atoms. The topological polar surface area (TPSA) is 41.1 Å². The summed E-state index contributed by atoms with van der Waals surface area (Å²) in [6.45, 7) is 0.868. The molecule has 120 valence electrons. The summed E-state index contributed by atoms with van der Waals surface area (Å²) in [5.41, 5.74) is 3.13. The van der Waals surface area contributed by atoms with E-state index < -0.39 is 0 Å². The van der Waals surface area contributed by atoms with Crippen LogP contribution in [0.2, 0.25) is 0 Å². The number of carbonyl (C=O) groups is 1. The number of hydrogen-bond donors (Lipinski definition) is 2. The minimum Gasteiger partial charge on any atom is -0.345 e. The highest BCUT2D eigenvalue weighted by Gasteiger charge is 2.23. The molecule has 4 heteroatoms. The van der Waals surface area contributed by atoms with Crippen LogP contribution < -0.4 is 10.6 Å². The zero-order chi connectivity index (χ0) is 16.1. The van der Waals surface area contributed by atoms with Crippen molar-refractivity contribution in [2.45, 2.75) is 23.8 Å². The Morgan fingerprint density at radius 2 is 1.96 bits per heavy atom. The lowest BCUT2D eigenvalue weighted by Gasteiger charge is -2.26. The fourth-order valence-electron chi connectivity index (χ4n) is 2.95. The number of rotatable bonds is 5. The number of thioether (sulfide) groups is 1. The molecule has 0 aliphatic carbocycles. The normalized spacial score (nSPS) is 16.7. The Morgan fingerprint density at radius 1 is 1.17 bits per heavy atom. The van der Waals surface area contributed by atoms with Gasteiger partial charge in [-0.25, -0.2) is 0 Å². The molecule has 1 aliphatic heterocycles. The Hall–Kier alpha value is -1.78. The number of carbonyl (C=O) groups excluding carboxylic acids is 1. The van der Waals surface area contributed by atoms with Gasteiger partial charge in [-0.05, 0) is 49.7 Å². The largest absolute Gasteiger partial charge is 0.345 e. The van der Waals surface area contributed by atoms with Crippen LogP contribution in [-0.4, -0.2) is 25.3 Å². The van der Waals surface area contributed by atoms with Crippen molar-refractivity contribution in [3.05, 3.63) is 65.2 Å². The Kier molecular flexibility index (Phi) is 5.36. The molecule has 1 atom stereocenters. The first kappa shape index (κ1) is 16.1. The van der Waals surface area contributed by atoms with Crippen LogP contribution in [0.3, 0.4) is 0 Å². The molecule has 1 amide bonds. The number of likely N-dealkylation sites (N-methyl/N-ethyl adjacent to an activating group) is 1. The Labute approximate surface area is 141 Å². The minimum absolute atomic E-state index is 0.0309. The second-order valence-electron chi connectivity index (χ2n) is 5.71. The fraction of sp³-hybridized carbons (Fsp3) is 0.316. The average molecular weight is 326 g/mol. The van der Waals surface area contributed by atoms with Crippen molar-refractivity contribution in [1.82, 2.24) is 10.6 Å². The molecule has 0 bridgehead atoms. The molecule has 2 N–H and O–H groups in total. The Bertz CT molecular complexity index is 687. The Balaban J connectivity index is 1.78. The third-order valence-electron chi connectivity index (χ3n) is 4.17. The summed E-state index contributed by atoms with van der Waals surface area (Å²) in [6, 6.07) is 16.4. The highest BCUT2D eigenvalue weighted by Crippen LogP contribution is 2.35. The number of hydrogen-bond acceptors (Lipinski definition) is 3. The first-order chi connectivity index (χ1) is 11.3. The highest BCUT2D eigenvalue weighted by atomic mass is 32.2. The fourth-order valence-corrected chi connectivity index (χ4v) is 4.07. The van der Waals surface area contributed by atoms with E-state index >= 15 is 0 Å². The van der Waals surface area contributed by atoms with E-state index in [0.29, 0.717) is 0 Å². The monoisotopic (exact) mass is 326 g/mol. The number of amides is 1. The van der Waals surface area contributed by atoms with E-state index in [9.17, 15) is 4.79 Å². The lowest BCUT2D eigenvalue weighted by Crippen LogP contribution is -2.31.